The van der Waals surface area contributed by atoms with Gasteiger partial charge in [-0.2, -0.15) is 0 Å². The molecule has 0 aromatic heterocycles. The van der Waals surface area contributed by atoms with E-state index < -0.39 is 0 Å². The number of aliphatic hydroxyl groups is 1. The number of aliphatic hydroxyl groups excluding tert-OH is 1. The van der Waals surface area contributed by atoms with Gasteiger partial charge >= 0.3 is 0 Å². The molecule has 0 aliphatic rings. The van der Waals surface area contributed by atoms with E-state index in [1.54, 1.807) is 0 Å². The van der Waals surface area contributed by atoms with Crippen LogP contribution < -0.4 is 5.73 Å². The lowest BCUT2D eigenvalue weighted by atomic mass is 10.1. The molecule has 0 saturated carbocycles. The van der Waals surface area contributed by atoms with E-state index in [4.69, 9.17) is 10.8 Å². The lowest BCUT2D eigenvalue weighted by molar-refractivity contribution is 0.168. The van der Waals surface area contributed by atoms with E-state index in [0.29, 0.717) is 6.04 Å². The van der Waals surface area contributed by atoms with Crippen LogP contribution in [0.4, 0.5) is 0 Å². The van der Waals surface area contributed by atoms with Gasteiger partial charge in [-0.1, -0.05) is 13.3 Å². The van der Waals surface area contributed by atoms with Crippen molar-refractivity contribution >= 4 is 0 Å². The minimum atomic E-state index is 0.237. The Balaban J connectivity index is 3.72. The van der Waals surface area contributed by atoms with E-state index in [9.17, 15) is 0 Å². The second-order valence-corrected chi connectivity index (χ2v) is 3.22. The zero-order valence-electron chi connectivity index (χ0n) is 8.29. The molecule has 0 radical (unpaired) electrons. The van der Waals surface area contributed by atoms with Crippen LogP contribution in [0.15, 0.2) is 0 Å². The second kappa shape index (κ2) is 7.53. The third kappa shape index (κ3) is 4.70. The fraction of sp³-hybridized carbons (Fsp3) is 1.00. The van der Waals surface area contributed by atoms with Crippen molar-refractivity contribution in [2.24, 2.45) is 5.73 Å². The van der Waals surface area contributed by atoms with Gasteiger partial charge in [-0.05, 0) is 26.4 Å². The third-order valence-electron chi connectivity index (χ3n) is 2.20. The lowest BCUT2D eigenvalue weighted by Crippen LogP contribution is -2.35. The first-order valence-electron chi connectivity index (χ1n) is 4.77. The van der Waals surface area contributed by atoms with Gasteiger partial charge in [0.25, 0.3) is 0 Å². The van der Waals surface area contributed by atoms with Crippen LogP contribution >= 0.6 is 0 Å². The fourth-order valence-corrected chi connectivity index (χ4v) is 1.45. The highest BCUT2D eigenvalue weighted by Gasteiger charge is 2.11. The van der Waals surface area contributed by atoms with Crippen LogP contribution in [0.1, 0.15) is 26.2 Å². The largest absolute Gasteiger partial charge is 0.395 e. The summed E-state index contributed by atoms with van der Waals surface area (Å²) in [6.45, 7) is 3.91. The molecular weight excluding hydrogens is 152 g/mol. The van der Waals surface area contributed by atoms with Crippen molar-refractivity contribution in [3.05, 3.63) is 0 Å². The Morgan fingerprint density at radius 1 is 1.42 bits per heavy atom. The Hall–Kier alpha value is -0.120. The van der Waals surface area contributed by atoms with Crippen LogP contribution in [-0.2, 0) is 0 Å². The highest BCUT2D eigenvalue weighted by molar-refractivity contribution is 4.68. The van der Waals surface area contributed by atoms with Crippen LogP contribution in [0.25, 0.3) is 0 Å². The standard InChI is InChI=1S/C9H22N2O/c1-3-4-9(5-6-10)11(2)7-8-12/h9,12H,3-8,10H2,1-2H3. The number of rotatable bonds is 7. The molecule has 3 nitrogen and oxygen atoms in total. The highest BCUT2D eigenvalue weighted by atomic mass is 16.3. The van der Waals surface area contributed by atoms with Crippen molar-refractivity contribution in [3.8, 4) is 0 Å². The summed E-state index contributed by atoms with van der Waals surface area (Å²) in [6.07, 6.45) is 3.39. The summed E-state index contributed by atoms with van der Waals surface area (Å²) in [6, 6.07) is 0.548. The van der Waals surface area contributed by atoms with Gasteiger partial charge in [0.1, 0.15) is 0 Å². The topological polar surface area (TPSA) is 49.5 Å². The first-order valence-corrected chi connectivity index (χ1v) is 4.77. The quantitative estimate of drug-likeness (QED) is 0.588. The van der Waals surface area contributed by atoms with E-state index >= 15 is 0 Å². The molecule has 0 fully saturated rings. The first kappa shape index (κ1) is 11.9. The molecule has 0 aliphatic heterocycles. The maximum Gasteiger partial charge on any atom is 0.0558 e. The summed E-state index contributed by atoms with van der Waals surface area (Å²) < 4.78 is 0. The molecule has 1 atom stereocenters. The van der Waals surface area contributed by atoms with Gasteiger partial charge in [0.2, 0.25) is 0 Å². The summed E-state index contributed by atoms with van der Waals surface area (Å²) in [5.41, 5.74) is 5.50. The van der Waals surface area contributed by atoms with E-state index in [0.717, 1.165) is 19.5 Å². The van der Waals surface area contributed by atoms with Crippen molar-refractivity contribution < 1.29 is 5.11 Å². The maximum atomic E-state index is 8.75. The summed E-state index contributed by atoms with van der Waals surface area (Å²) in [7, 11) is 2.05. The first-order chi connectivity index (χ1) is 5.76. The molecule has 0 aromatic carbocycles. The average molecular weight is 174 g/mol. The molecule has 3 N–H and O–H groups in total. The number of nitrogens with zero attached hydrogens (tertiary/aromatic N) is 1. The molecule has 0 amide bonds. The summed E-state index contributed by atoms with van der Waals surface area (Å²) in [5, 5.41) is 8.75. The smallest absolute Gasteiger partial charge is 0.0558 e. The molecular formula is C9H22N2O. The molecule has 1 unspecified atom stereocenters. The fourth-order valence-electron chi connectivity index (χ4n) is 1.45. The average Bonchev–Trinajstić information content (AvgIpc) is 2.04. The van der Waals surface area contributed by atoms with Crippen LogP contribution in [0.5, 0.6) is 0 Å². The molecule has 3 heteroatoms. The van der Waals surface area contributed by atoms with E-state index in [1.807, 2.05) is 7.05 Å². The van der Waals surface area contributed by atoms with Crippen molar-refractivity contribution in [2.45, 2.75) is 32.2 Å². The Labute approximate surface area is 75.6 Å². The highest BCUT2D eigenvalue weighted by Crippen LogP contribution is 2.07. The number of nitrogens with two attached hydrogens (primary N) is 1. The van der Waals surface area contributed by atoms with Gasteiger partial charge in [-0.25, -0.2) is 0 Å². The van der Waals surface area contributed by atoms with Gasteiger partial charge in [-0.3, -0.25) is 0 Å². The van der Waals surface area contributed by atoms with Crippen LogP contribution in [0.2, 0.25) is 0 Å². The second-order valence-electron chi connectivity index (χ2n) is 3.22. The molecule has 12 heavy (non-hydrogen) atoms. The molecule has 0 bridgehead atoms. The minimum Gasteiger partial charge on any atom is -0.395 e. The maximum absolute atomic E-state index is 8.75. The van der Waals surface area contributed by atoms with Crippen molar-refractivity contribution in [2.75, 3.05) is 26.7 Å². The van der Waals surface area contributed by atoms with Crippen LogP contribution in [0, 0.1) is 0 Å². The predicted octanol–water partition coefficient (Wildman–Crippen LogP) is 0.428. The minimum absolute atomic E-state index is 0.237. The number of hydrogen-bond donors (Lipinski definition) is 2. The van der Waals surface area contributed by atoms with E-state index in [-0.39, 0.29) is 6.61 Å². The molecule has 0 saturated heterocycles. The van der Waals surface area contributed by atoms with Gasteiger partial charge in [0.15, 0.2) is 0 Å². The molecule has 0 aliphatic carbocycles. The Kier molecular flexibility index (Phi) is 7.45. The molecule has 0 aromatic rings. The van der Waals surface area contributed by atoms with E-state index in [2.05, 4.69) is 11.8 Å². The van der Waals surface area contributed by atoms with Crippen molar-refractivity contribution in [3.63, 3.8) is 0 Å². The predicted molar refractivity (Wildman–Crippen MR) is 52.1 cm³/mol. The molecule has 0 heterocycles. The van der Waals surface area contributed by atoms with Crippen molar-refractivity contribution in [1.29, 1.82) is 0 Å². The van der Waals surface area contributed by atoms with Crippen LogP contribution in [0.3, 0.4) is 0 Å². The third-order valence-corrected chi connectivity index (χ3v) is 2.20. The molecule has 0 rings (SSSR count). The Morgan fingerprint density at radius 2 is 2.08 bits per heavy atom. The zero-order valence-corrected chi connectivity index (χ0v) is 8.29. The number of hydrogen-bond acceptors (Lipinski definition) is 3. The van der Waals surface area contributed by atoms with Gasteiger partial charge in [0.05, 0.1) is 6.61 Å². The molecule has 0 spiro atoms. The Bertz CT molecular complexity index is 92.5. The lowest BCUT2D eigenvalue weighted by Gasteiger charge is -2.26. The zero-order chi connectivity index (χ0) is 9.40. The Morgan fingerprint density at radius 3 is 2.50 bits per heavy atom. The normalized spacial score (nSPS) is 13.8. The summed E-state index contributed by atoms with van der Waals surface area (Å²) in [4.78, 5) is 2.19. The summed E-state index contributed by atoms with van der Waals surface area (Å²) in [5.74, 6) is 0. The summed E-state index contributed by atoms with van der Waals surface area (Å²) >= 11 is 0. The van der Waals surface area contributed by atoms with E-state index in [1.165, 1.54) is 12.8 Å². The van der Waals surface area contributed by atoms with Crippen LogP contribution in [-0.4, -0.2) is 42.8 Å². The monoisotopic (exact) mass is 174 g/mol. The number of likely N-dealkylation sites (N-methyl/N-ethyl adjacent to an activating group) is 1. The van der Waals surface area contributed by atoms with Gasteiger partial charge < -0.3 is 15.7 Å². The van der Waals surface area contributed by atoms with Crippen molar-refractivity contribution in [1.82, 2.24) is 4.90 Å². The molecule has 74 valence electrons. The van der Waals surface area contributed by atoms with Gasteiger partial charge in [0, 0.05) is 12.6 Å². The SMILES string of the molecule is CCCC(CCN)N(C)CCO. The van der Waals surface area contributed by atoms with Gasteiger partial charge in [-0.15, -0.1) is 0 Å².